The quantitative estimate of drug-likeness (QED) is 0.797. The van der Waals surface area contributed by atoms with Crippen molar-refractivity contribution < 1.29 is 9.53 Å². The number of fused-ring (bicyclic) bond motifs is 1. The van der Waals surface area contributed by atoms with Crippen LogP contribution in [0.1, 0.15) is 27.2 Å². The minimum absolute atomic E-state index is 0.309. The van der Waals surface area contributed by atoms with Crippen LogP contribution in [0.15, 0.2) is 30.5 Å². The van der Waals surface area contributed by atoms with Crippen molar-refractivity contribution in [3.63, 3.8) is 0 Å². The van der Waals surface area contributed by atoms with E-state index in [0.29, 0.717) is 12.1 Å². The number of benzene rings is 1. The summed E-state index contributed by atoms with van der Waals surface area (Å²) in [5, 5.41) is 4.59. The van der Waals surface area contributed by atoms with Gasteiger partial charge in [0.15, 0.2) is 0 Å². The van der Waals surface area contributed by atoms with Crippen molar-refractivity contribution >= 4 is 5.97 Å². The maximum absolute atomic E-state index is 11.5. The van der Waals surface area contributed by atoms with Crippen LogP contribution >= 0.6 is 0 Å². The van der Waals surface area contributed by atoms with Gasteiger partial charge in [0, 0.05) is 24.8 Å². The summed E-state index contributed by atoms with van der Waals surface area (Å²) >= 11 is 0. The van der Waals surface area contributed by atoms with Crippen LogP contribution in [0.3, 0.4) is 0 Å². The Bertz CT molecular complexity index is 625. The Balaban J connectivity index is 1.78. The van der Waals surface area contributed by atoms with Gasteiger partial charge in [-0.05, 0) is 24.7 Å². The topological polar surface area (TPSA) is 47.4 Å². The highest BCUT2D eigenvalue weighted by atomic mass is 16.5. The third kappa shape index (κ3) is 2.44. The zero-order valence-corrected chi connectivity index (χ0v) is 11.7. The van der Waals surface area contributed by atoms with Crippen LogP contribution in [0.25, 0.3) is 0 Å². The Morgan fingerprint density at radius 1 is 1.40 bits per heavy atom. The Hall–Kier alpha value is -2.14. The summed E-state index contributed by atoms with van der Waals surface area (Å²) in [4.78, 5) is 13.8. The summed E-state index contributed by atoms with van der Waals surface area (Å²) in [5.41, 5.74) is 4.06. The summed E-state index contributed by atoms with van der Waals surface area (Å²) in [6.45, 7) is 2.53. The number of hydrogen-bond acceptors (Lipinski definition) is 4. The van der Waals surface area contributed by atoms with Gasteiger partial charge in [0.1, 0.15) is 0 Å². The Morgan fingerprint density at radius 3 is 3.00 bits per heavy atom. The Labute approximate surface area is 117 Å². The zero-order chi connectivity index (χ0) is 14.1. The molecule has 0 fully saturated rings. The summed E-state index contributed by atoms with van der Waals surface area (Å²) in [6, 6.07) is 7.47. The first-order valence-electron chi connectivity index (χ1n) is 6.56. The van der Waals surface area contributed by atoms with Gasteiger partial charge >= 0.3 is 5.97 Å². The van der Waals surface area contributed by atoms with E-state index in [1.54, 1.807) is 6.07 Å². The summed E-state index contributed by atoms with van der Waals surface area (Å²) < 4.78 is 6.67. The van der Waals surface area contributed by atoms with E-state index < -0.39 is 0 Å². The highest BCUT2D eigenvalue weighted by Crippen LogP contribution is 2.20. The SMILES string of the molecule is COC(=O)c1cccc(Cn2cc3c(n2)CN(C)C3)c1. The number of nitrogens with zero attached hydrogens (tertiary/aromatic N) is 3. The molecule has 0 spiro atoms. The van der Waals surface area contributed by atoms with Crippen molar-refractivity contribution in [1.82, 2.24) is 14.7 Å². The fourth-order valence-corrected chi connectivity index (χ4v) is 2.55. The first kappa shape index (κ1) is 12.9. The smallest absolute Gasteiger partial charge is 0.337 e. The molecule has 20 heavy (non-hydrogen) atoms. The molecule has 0 aliphatic carbocycles. The fourth-order valence-electron chi connectivity index (χ4n) is 2.55. The molecule has 2 aromatic rings. The molecule has 2 heterocycles. The van der Waals surface area contributed by atoms with E-state index in [9.17, 15) is 4.79 Å². The molecule has 3 rings (SSSR count). The van der Waals surface area contributed by atoms with E-state index in [-0.39, 0.29) is 5.97 Å². The summed E-state index contributed by atoms with van der Waals surface area (Å²) in [7, 11) is 3.48. The van der Waals surface area contributed by atoms with Crippen molar-refractivity contribution in [3.05, 3.63) is 52.8 Å². The van der Waals surface area contributed by atoms with Gasteiger partial charge in [-0.15, -0.1) is 0 Å². The molecule has 0 atom stereocenters. The van der Waals surface area contributed by atoms with E-state index in [2.05, 4.69) is 23.2 Å². The molecule has 5 heteroatoms. The Morgan fingerprint density at radius 2 is 2.25 bits per heavy atom. The lowest BCUT2D eigenvalue weighted by Gasteiger charge is -2.07. The Kier molecular flexibility index (Phi) is 3.28. The lowest BCUT2D eigenvalue weighted by molar-refractivity contribution is 0.0600. The van der Waals surface area contributed by atoms with Gasteiger partial charge in [-0.3, -0.25) is 9.58 Å². The van der Waals surface area contributed by atoms with Gasteiger partial charge < -0.3 is 4.74 Å². The van der Waals surface area contributed by atoms with Crippen molar-refractivity contribution in [3.8, 4) is 0 Å². The van der Waals surface area contributed by atoms with Crippen LogP contribution in [-0.2, 0) is 24.4 Å². The van der Waals surface area contributed by atoms with E-state index in [1.807, 2.05) is 22.9 Å². The van der Waals surface area contributed by atoms with Crippen LogP contribution in [0, 0.1) is 0 Å². The van der Waals surface area contributed by atoms with E-state index >= 15 is 0 Å². The maximum atomic E-state index is 11.5. The van der Waals surface area contributed by atoms with Crippen molar-refractivity contribution in [2.24, 2.45) is 0 Å². The number of rotatable bonds is 3. The molecule has 0 unspecified atom stereocenters. The minimum Gasteiger partial charge on any atom is -0.465 e. The molecule has 1 aliphatic rings. The van der Waals surface area contributed by atoms with Crippen molar-refractivity contribution in [2.45, 2.75) is 19.6 Å². The zero-order valence-electron chi connectivity index (χ0n) is 11.7. The number of carbonyl (C=O) groups excluding carboxylic acids is 1. The van der Waals surface area contributed by atoms with Gasteiger partial charge in [0.25, 0.3) is 0 Å². The number of esters is 1. The highest BCUT2D eigenvalue weighted by molar-refractivity contribution is 5.89. The molecule has 0 saturated carbocycles. The number of carbonyl (C=O) groups is 1. The highest BCUT2D eigenvalue weighted by Gasteiger charge is 2.19. The van der Waals surface area contributed by atoms with Crippen LogP contribution in [-0.4, -0.2) is 34.8 Å². The first-order chi connectivity index (χ1) is 9.65. The lowest BCUT2D eigenvalue weighted by atomic mass is 10.1. The molecule has 0 saturated heterocycles. The largest absolute Gasteiger partial charge is 0.465 e. The molecule has 1 aliphatic heterocycles. The fraction of sp³-hybridized carbons (Fsp3) is 0.333. The van der Waals surface area contributed by atoms with Crippen molar-refractivity contribution in [1.29, 1.82) is 0 Å². The molecular weight excluding hydrogens is 254 g/mol. The van der Waals surface area contributed by atoms with Crippen LogP contribution in [0.2, 0.25) is 0 Å². The normalized spacial score (nSPS) is 14.3. The molecule has 5 nitrogen and oxygen atoms in total. The van der Waals surface area contributed by atoms with Gasteiger partial charge in [-0.1, -0.05) is 12.1 Å². The van der Waals surface area contributed by atoms with Crippen LogP contribution < -0.4 is 0 Å². The molecular formula is C15H17N3O2. The number of hydrogen-bond donors (Lipinski definition) is 0. The van der Waals surface area contributed by atoms with Crippen LogP contribution in [0.5, 0.6) is 0 Å². The monoisotopic (exact) mass is 271 g/mol. The molecule has 0 radical (unpaired) electrons. The van der Waals surface area contributed by atoms with Crippen molar-refractivity contribution in [2.75, 3.05) is 14.2 Å². The van der Waals surface area contributed by atoms with E-state index in [4.69, 9.17) is 4.74 Å². The predicted molar refractivity (Wildman–Crippen MR) is 74.3 cm³/mol. The lowest BCUT2D eigenvalue weighted by Crippen LogP contribution is -2.11. The minimum atomic E-state index is -0.309. The van der Waals surface area contributed by atoms with Gasteiger partial charge in [-0.2, -0.15) is 5.10 Å². The second-order valence-corrected chi connectivity index (χ2v) is 5.16. The predicted octanol–water partition coefficient (Wildman–Crippen LogP) is 1.66. The summed E-state index contributed by atoms with van der Waals surface area (Å²) in [5.74, 6) is -0.309. The second-order valence-electron chi connectivity index (χ2n) is 5.16. The molecule has 0 bridgehead atoms. The number of aromatic nitrogens is 2. The van der Waals surface area contributed by atoms with Gasteiger partial charge in [0.05, 0.1) is 24.9 Å². The van der Waals surface area contributed by atoms with Gasteiger partial charge in [-0.25, -0.2) is 4.79 Å². The first-order valence-corrected chi connectivity index (χ1v) is 6.56. The number of methoxy groups -OCH3 is 1. The average Bonchev–Trinajstić information content (AvgIpc) is 2.94. The molecule has 0 N–H and O–H groups in total. The van der Waals surface area contributed by atoms with Crippen LogP contribution in [0.4, 0.5) is 0 Å². The molecule has 104 valence electrons. The average molecular weight is 271 g/mol. The third-order valence-electron chi connectivity index (χ3n) is 3.48. The number of ether oxygens (including phenoxy) is 1. The molecule has 1 aromatic carbocycles. The molecule has 0 amide bonds. The maximum Gasteiger partial charge on any atom is 0.337 e. The summed E-state index contributed by atoms with van der Waals surface area (Å²) in [6.07, 6.45) is 2.09. The van der Waals surface area contributed by atoms with E-state index in [0.717, 1.165) is 24.3 Å². The third-order valence-corrected chi connectivity index (χ3v) is 3.48. The molecule has 1 aromatic heterocycles. The standard InChI is InChI=1S/C15H17N3O2/c1-17-8-13-9-18(16-14(13)10-17)7-11-4-3-5-12(6-11)15(19)20-2/h3-6,9H,7-8,10H2,1-2H3. The van der Waals surface area contributed by atoms with Gasteiger partial charge in [0.2, 0.25) is 0 Å². The van der Waals surface area contributed by atoms with E-state index in [1.165, 1.54) is 12.7 Å². The second kappa shape index (κ2) is 5.09.